The van der Waals surface area contributed by atoms with Crippen LogP contribution in [0.25, 0.3) is 0 Å². The number of hydrogen-bond donors (Lipinski definition) is 0. The number of hydrogen-bond acceptors (Lipinski definition) is 3. The lowest BCUT2D eigenvalue weighted by Gasteiger charge is -2.03. The normalized spacial score (nSPS) is 15.2. The molecule has 4 heteroatoms. The van der Waals surface area contributed by atoms with E-state index in [1.165, 1.54) is 5.01 Å². The number of ether oxygens (including phenoxy) is 1. The first kappa shape index (κ1) is 10.7. The third-order valence-corrected chi connectivity index (χ3v) is 2.45. The van der Waals surface area contributed by atoms with Gasteiger partial charge in [-0.3, -0.25) is 4.79 Å². The first-order valence-corrected chi connectivity index (χ1v) is 5.28. The molecule has 1 amide bonds. The maximum atomic E-state index is 11.3. The van der Waals surface area contributed by atoms with Crippen LogP contribution < -0.4 is 4.74 Å². The zero-order valence-corrected chi connectivity index (χ0v) is 9.43. The van der Waals surface area contributed by atoms with Crippen molar-refractivity contribution in [2.24, 2.45) is 5.10 Å². The van der Waals surface area contributed by atoms with Crippen LogP contribution in [0.1, 0.15) is 18.9 Å². The lowest BCUT2D eigenvalue weighted by atomic mass is 10.1. The summed E-state index contributed by atoms with van der Waals surface area (Å²) in [4.78, 5) is 11.3. The molecule has 0 aromatic heterocycles. The maximum absolute atomic E-state index is 11.3. The zero-order valence-electron chi connectivity index (χ0n) is 9.43. The number of benzene rings is 1. The molecule has 0 unspecified atom stereocenters. The summed E-state index contributed by atoms with van der Waals surface area (Å²) < 4.78 is 5.35. The van der Waals surface area contributed by atoms with Gasteiger partial charge in [0, 0.05) is 7.05 Å². The van der Waals surface area contributed by atoms with E-state index in [0.29, 0.717) is 13.0 Å². The molecular weight excluding hydrogens is 204 g/mol. The number of hydrazone groups is 1. The van der Waals surface area contributed by atoms with E-state index in [1.54, 1.807) is 7.05 Å². The number of carbonyl (C=O) groups excluding carboxylic acids is 1. The van der Waals surface area contributed by atoms with Gasteiger partial charge in [0.05, 0.1) is 18.7 Å². The molecule has 0 saturated carbocycles. The van der Waals surface area contributed by atoms with Crippen LogP contribution in [-0.2, 0) is 4.79 Å². The average Bonchev–Trinajstić information content (AvgIpc) is 2.61. The molecule has 0 N–H and O–H groups in total. The first-order valence-electron chi connectivity index (χ1n) is 5.28. The lowest BCUT2D eigenvalue weighted by Crippen LogP contribution is -2.14. The van der Waals surface area contributed by atoms with Crippen LogP contribution in [0.2, 0.25) is 0 Å². The number of amides is 1. The molecule has 84 valence electrons. The molecule has 2 rings (SSSR count). The van der Waals surface area contributed by atoms with Crippen molar-refractivity contribution < 1.29 is 9.53 Å². The molecule has 0 fully saturated rings. The maximum Gasteiger partial charge on any atom is 0.248 e. The molecule has 0 spiro atoms. The molecule has 1 aliphatic rings. The van der Waals surface area contributed by atoms with E-state index in [2.05, 4.69) is 5.10 Å². The van der Waals surface area contributed by atoms with Crippen molar-refractivity contribution in [3.05, 3.63) is 29.8 Å². The van der Waals surface area contributed by atoms with Gasteiger partial charge in [-0.2, -0.15) is 5.10 Å². The summed E-state index contributed by atoms with van der Waals surface area (Å²) in [6, 6.07) is 7.64. The van der Waals surface area contributed by atoms with Crippen LogP contribution in [0.3, 0.4) is 0 Å². The van der Waals surface area contributed by atoms with Gasteiger partial charge in [0.25, 0.3) is 0 Å². The number of nitrogens with zero attached hydrogens (tertiary/aromatic N) is 2. The molecule has 0 radical (unpaired) electrons. The summed E-state index contributed by atoms with van der Waals surface area (Å²) in [7, 11) is 1.67. The Morgan fingerprint density at radius 3 is 2.56 bits per heavy atom. The van der Waals surface area contributed by atoms with Crippen molar-refractivity contribution in [3.63, 3.8) is 0 Å². The topological polar surface area (TPSA) is 41.9 Å². The summed E-state index contributed by atoms with van der Waals surface area (Å²) in [5.41, 5.74) is 1.79. The fourth-order valence-corrected chi connectivity index (χ4v) is 1.60. The number of rotatable bonds is 3. The van der Waals surface area contributed by atoms with E-state index in [4.69, 9.17) is 4.74 Å². The Labute approximate surface area is 94.5 Å². The largest absolute Gasteiger partial charge is 0.494 e. The molecule has 1 aromatic rings. The quantitative estimate of drug-likeness (QED) is 0.774. The molecule has 0 saturated heterocycles. The predicted molar refractivity (Wildman–Crippen MR) is 61.5 cm³/mol. The summed E-state index contributed by atoms with van der Waals surface area (Å²) in [6.07, 6.45) is 0.379. The predicted octanol–water partition coefficient (Wildman–Crippen LogP) is 1.65. The Kier molecular flexibility index (Phi) is 2.90. The van der Waals surface area contributed by atoms with Gasteiger partial charge in [0.2, 0.25) is 5.91 Å². The van der Waals surface area contributed by atoms with E-state index in [-0.39, 0.29) is 5.91 Å². The highest BCUT2D eigenvalue weighted by atomic mass is 16.5. The highest BCUT2D eigenvalue weighted by Gasteiger charge is 2.21. The Hall–Kier alpha value is -1.84. The molecule has 4 nitrogen and oxygen atoms in total. The minimum Gasteiger partial charge on any atom is -0.494 e. The third kappa shape index (κ3) is 2.05. The molecule has 1 aromatic carbocycles. The van der Waals surface area contributed by atoms with Crippen molar-refractivity contribution in [3.8, 4) is 5.75 Å². The average molecular weight is 218 g/mol. The molecule has 1 aliphatic heterocycles. The van der Waals surface area contributed by atoms with Crippen molar-refractivity contribution >= 4 is 11.6 Å². The Morgan fingerprint density at radius 2 is 2.06 bits per heavy atom. The third-order valence-electron chi connectivity index (χ3n) is 2.45. The molecule has 0 atom stereocenters. The molecule has 16 heavy (non-hydrogen) atoms. The SMILES string of the molecule is CCOc1ccc(C2=NN(C)C(=O)C2)cc1. The van der Waals surface area contributed by atoms with Crippen molar-refractivity contribution in [1.29, 1.82) is 0 Å². The van der Waals surface area contributed by atoms with Gasteiger partial charge < -0.3 is 4.74 Å². The van der Waals surface area contributed by atoms with Crippen LogP contribution in [-0.4, -0.2) is 30.3 Å². The van der Waals surface area contributed by atoms with Crippen molar-refractivity contribution in [1.82, 2.24) is 5.01 Å². The van der Waals surface area contributed by atoms with Gasteiger partial charge in [-0.1, -0.05) is 0 Å². The highest BCUT2D eigenvalue weighted by Crippen LogP contribution is 2.17. The summed E-state index contributed by atoms with van der Waals surface area (Å²) in [5.74, 6) is 0.869. The highest BCUT2D eigenvalue weighted by molar-refractivity contribution is 6.13. The van der Waals surface area contributed by atoms with Crippen LogP contribution in [0.15, 0.2) is 29.4 Å². The van der Waals surface area contributed by atoms with Crippen molar-refractivity contribution in [2.45, 2.75) is 13.3 Å². The van der Waals surface area contributed by atoms with Crippen LogP contribution in [0, 0.1) is 0 Å². The minimum absolute atomic E-state index is 0.0314. The van der Waals surface area contributed by atoms with Gasteiger partial charge in [-0.15, -0.1) is 0 Å². The summed E-state index contributed by atoms with van der Waals surface area (Å²) >= 11 is 0. The van der Waals surface area contributed by atoms with E-state index in [9.17, 15) is 4.79 Å². The summed E-state index contributed by atoms with van der Waals surface area (Å²) in [5, 5.41) is 5.56. The van der Waals surface area contributed by atoms with Gasteiger partial charge >= 0.3 is 0 Å². The van der Waals surface area contributed by atoms with Crippen molar-refractivity contribution in [2.75, 3.05) is 13.7 Å². The van der Waals surface area contributed by atoms with E-state index >= 15 is 0 Å². The van der Waals surface area contributed by atoms with Gasteiger partial charge in [0.15, 0.2) is 0 Å². The monoisotopic (exact) mass is 218 g/mol. The second-order valence-electron chi connectivity index (χ2n) is 3.60. The van der Waals surface area contributed by atoms with Crippen LogP contribution in [0.4, 0.5) is 0 Å². The molecular formula is C12H14N2O2. The Balaban J connectivity index is 2.16. The smallest absolute Gasteiger partial charge is 0.248 e. The fraction of sp³-hybridized carbons (Fsp3) is 0.333. The Morgan fingerprint density at radius 1 is 1.38 bits per heavy atom. The van der Waals surface area contributed by atoms with E-state index in [0.717, 1.165) is 17.0 Å². The molecule has 0 aliphatic carbocycles. The summed E-state index contributed by atoms with van der Waals surface area (Å²) in [6.45, 7) is 2.60. The molecule has 1 heterocycles. The van der Waals surface area contributed by atoms with E-state index in [1.807, 2.05) is 31.2 Å². The minimum atomic E-state index is 0.0314. The fourth-order valence-electron chi connectivity index (χ4n) is 1.60. The lowest BCUT2D eigenvalue weighted by molar-refractivity contribution is -0.127. The second kappa shape index (κ2) is 4.35. The van der Waals surface area contributed by atoms with Gasteiger partial charge in [-0.05, 0) is 36.8 Å². The zero-order chi connectivity index (χ0) is 11.5. The molecule has 0 bridgehead atoms. The Bertz CT molecular complexity index is 423. The van der Waals surface area contributed by atoms with Crippen LogP contribution in [0.5, 0.6) is 5.75 Å². The van der Waals surface area contributed by atoms with Crippen LogP contribution >= 0.6 is 0 Å². The van der Waals surface area contributed by atoms with Gasteiger partial charge in [0.1, 0.15) is 5.75 Å². The van der Waals surface area contributed by atoms with Gasteiger partial charge in [-0.25, -0.2) is 5.01 Å². The van der Waals surface area contributed by atoms with E-state index < -0.39 is 0 Å². The number of carbonyl (C=O) groups is 1. The standard InChI is InChI=1S/C12H14N2O2/c1-3-16-10-6-4-9(5-7-10)11-8-12(15)14(2)13-11/h4-7H,3,8H2,1-2H3. The first-order chi connectivity index (χ1) is 7.70. The second-order valence-corrected chi connectivity index (χ2v) is 3.60.